The molecule has 1 aliphatic heterocycles. The van der Waals surface area contributed by atoms with Gasteiger partial charge in [-0.25, -0.2) is 0 Å². The quantitative estimate of drug-likeness (QED) is 0.344. The molecule has 1 fully saturated rings. The van der Waals surface area contributed by atoms with Crippen LogP contribution >= 0.6 is 0 Å². The van der Waals surface area contributed by atoms with E-state index in [0.717, 1.165) is 25.7 Å². The number of hydrogen-bond donors (Lipinski definition) is 4. The Hall–Kier alpha value is 0.760. The van der Waals surface area contributed by atoms with Gasteiger partial charge in [-0.2, -0.15) is 0 Å². The molecule has 0 amide bonds. The van der Waals surface area contributed by atoms with Crippen LogP contribution in [0.1, 0.15) is 32.6 Å². The Morgan fingerprint density at radius 3 is 2.26 bits per heavy atom. The summed E-state index contributed by atoms with van der Waals surface area (Å²) in [5.41, 5.74) is 0. The van der Waals surface area contributed by atoms with E-state index in [1.807, 2.05) is 0 Å². The van der Waals surface area contributed by atoms with E-state index in [4.69, 9.17) is 14.6 Å². The minimum atomic E-state index is -1.36. The molecule has 1 aliphatic rings. The molecule has 1 rings (SSSR count). The first kappa shape index (κ1) is 19.8. The van der Waals surface area contributed by atoms with Gasteiger partial charge in [0.15, 0.2) is 6.29 Å². The molecule has 1 saturated heterocycles. The second kappa shape index (κ2) is 10.5. The van der Waals surface area contributed by atoms with Crippen molar-refractivity contribution in [2.24, 2.45) is 0 Å². The molecule has 0 aromatic heterocycles. The van der Waals surface area contributed by atoms with Crippen LogP contribution in [0.15, 0.2) is 0 Å². The minimum absolute atomic E-state index is 0. The SMILES string of the molecule is CCCCCCO[C@H]1O[C@H](CO)[C@H](O)[C@H](O)[C@H]1O.[NaH]. The van der Waals surface area contributed by atoms with E-state index in [-0.39, 0.29) is 29.6 Å². The fourth-order valence-electron chi connectivity index (χ4n) is 1.93. The molecule has 0 aromatic rings. The van der Waals surface area contributed by atoms with Crippen LogP contribution in [-0.2, 0) is 9.47 Å². The molecule has 0 saturated carbocycles. The third kappa shape index (κ3) is 5.95. The van der Waals surface area contributed by atoms with Gasteiger partial charge in [0.05, 0.1) is 6.61 Å². The molecule has 6 nitrogen and oxygen atoms in total. The number of aliphatic hydroxyl groups excluding tert-OH is 4. The Morgan fingerprint density at radius 1 is 1.00 bits per heavy atom. The summed E-state index contributed by atoms with van der Waals surface area (Å²) in [5, 5.41) is 37.8. The summed E-state index contributed by atoms with van der Waals surface area (Å²) in [5.74, 6) is 0. The fraction of sp³-hybridized carbons (Fsp3) is 1.00. The predicted molar refractivity (Wildman–Crippen MR) is 71.0 cm³/mol. The van der Waals surface area contributed by atoms with Crippen molar-refractivity contribution < 1.29 is 29.9 Å². The zero-order chi connectivity index (χ0) is 13.5. The molecule has 0 unspecified atom stereocenters. The standard InChI is InChI=1S/C12H24O6.Na.H/c1-2-3-4-5-6-17-12-11(16)10(15)9(14)8(7-13)18-12;;/h8-16H,2-7H2,1H3;;/t8-,9+,10+,11-,12+;;/m1../s1. The molecule has 1 heterocycles. The molecule has 4 N–H and O–H groups in total. The average Bonchev–Trinajstić information content (AvgIpc) is 2.38. The molecule has 0 aromatic carbocycles. The summed E-state index contributed by atoms with van der Waals surface area (Å²) in [6.07, 6.45) is -1.75. The summed E-state index contributed by atoms with van der Waals surface area (Å²) < 4.78 is 10.5. The number of hydrogen-bond acceptors (Lipinski definition) is 6. The van der Waals surface area contributed by atoms with Crippen molar-refractivity contribution in [3.8, 4) is 0 Å². The van der Waals surface area contributed by atoms with E-state index in [0.29, 0.717) is 6.61 Å². The number of ether oxygens (including phenoxy) is 2. The number of unbranched alkanes of at least 4 members (excludes halogenated alkanes) is 3. The fourth-order valence-corrected chi connectivity index (χ4v) is 1.93. The molecular weight excluding hydrogens is 263 g/mol. The Labute approximate surface area is 136 Å². The van der Waals surface area contributed by atoms with E-state index in [1.54, 1.807) is 0 Å². The predicted octanol–water partition coefficient (Wildman–Crippen LogP) is -1.27. The van der Waals surface area contributed by atoms with Gasteiger partial charge < -0.3 is 29.9 Å². The van der Waals surface area contributed by atoms with Crippen LogP contribution in [0.2, 0.25) is 0 Å². The van der Waals surface area contributed by atoms with Gasteiger partial charge in [0, 0.05) is 6.61 Å². The van der Waals surface area contributed by atoms with Crippen molar-refractivity contribution in [3.05, 3.63) is 0 Å². The third-order valence-electron chi connectivity index (χ3n) is 3.13. The normalized spacial score (nSPS) is 34.9. The molecular formula is C12H25NaO6. The monoisotopic (exact) mass is 288 g/mol. The van der Waals surface area contributed by atoms with Crippen LogP contribution in [0, 0.1) is 0 Å². The molecule has 0 radical (unpaired) electrons. The summed E-state index contributed by atoms with van der Waals surface area (Å²) in [6.45, 7) is 2.10. The van der Waals surface area contributed by atoms with Gasteiger partial charge in [0.2, 0.25) is 0 Å². The van der Waals surface area contributed by atoms with E-state index in [2.05, 4.69) is 6.92 Å². The molecule has 0 aliphatic carbocycles. The van der Waals surface area contributed by atoms with E-state index in [1.165, 1.54) is 0 Å². The summed E-state index contributed by atoms with van der Waals surface area (Å²) in [6, 6.07) is 0. The van der Waals surface area contributed by atoms with Crippen molar-refractivity contribution in [1.82, 2.24) is 0 Å². The maximum atomic E-state index is 9.68. The molecule has 110 valence electrons. The van der Waals surface area contributed by atoms with Crippen molar-refractivity contribution in [3.63, 3.8) is 0 Å². The van der Waals surface area contributed by atoms with Gasteiger partial charge in [0.25, 0.3) is 0 Å². The summed E-state index contributed by atoms with van der Waals surface area (Å²) in [7, 11) is 0. The van der Waals surface area contributed by atoms with Crippen molar-refractivity contribution in [1.29, 1.82) is 0 Å². The zero-order valence-corrected chi connectivity index (χ0v) is 10.7. The van der Waals surface area contributed by atoms with E-state index >= 15 is 0 Å². The van der Waals surface area contributed by atoms with Gasteiger partial charge in [-0.05, 0) is 6.42 Å². The Kier molecular flexibility index (Phi) is 10.9. The molecule has 0 bridgehead atoms. The first-order valence-corrected chi connectivity index (χ1v) is 6.54. The molecule has 5 atom stereocenters. The van der Waals surface area contributed by atoms with Crippen molar-refractivity contribution >= 4 is 29.6 Å². The van der Waals surface area contributed by atoms with Crippen LogP contribution in [0.5, 0.6) is 0 Å². The molecule has 19 heavy (non-hydrogen) atoms. The van der Waals surface area contributed by atoms with Gasteiger partial charge in [-0.1, -0.05) is 26.2 Å². The third-order valence-corrected chi connectivity index (χ3v) is 3.13. The second-order valence-corrected chi connectivity index (χ2v) is 4.63. The first-order chi connectivity index (χ1) is 8.61. The van der Waals surface area contributed by atoms with E-state index < -0.39 is 37.3 Å². The van der Waals surface area contributed by atoms with Crippen LogP contribution in [0.25, 0.3) is 0 Å². The van der Waals surface area contributed by atoms with Crippen molar-refractivity contribution in [2.75, 3.05) is 13.2 Å². The zero-order valence-electron chi connectivity index (χ0n) is 10.7. The van der Waals surface area contributed by atoms with Crippen molar-refractivity contribution in [2.45, 2.75) is 63.3 Å². The second-order valence-electron chi connectivity index (χ2n) is 4.63. The summed E-state index contributed by atoms with van der Waals surface area (Å²) >= 11 is 0. The molecule has 0 spiro atoms. The van der Waals surface area contributed by atoms with Gasteiger partial charge in [-0.3, -0.25) is 0 Å². The van der Waals surface area contributed by atoms with E-state index in [9.17, 15) is 15.3 Å². The Morgan fingerprint density at radius 2 is 1.68 bits per heavy atom. The molecule has 7 heteroatoms. The van der Waals surface area contributed by atoms with Gasteiger partial charge >= 0.3 is 29.6 Å². The van der Waals surface area contributed by atoms with Crippen LogP contribution in [0.4, 0.5) is 0 Å². The van der Waals surface area contributed by atoms with Gasteiger partial charge in [0.1, 0.15) is 24.4 Å². The number of aliphatic hydroxyl groups is 4. The maximum absolute atomic E-state index is 9.68. The first-order valence-electron chi connectivity index (χ1n) is 6.54. The average molecular weight is 288 g/mol. The van der Waals surface area contributed by atoms with Gasteiger partial charge in [-0.15, -0.1) is 0 Å². The summed E-state index contributed by atoms with van der Waals surface area (Å²) in [4.78, 5) is 0. The Bertz CT molecular complexity index is 228. The van der Waals surface area contributed by atoms with Crippen LogP contribution in [-0.4, -0.2) is 93.9 Å². The topological polar surface area (TPSA) is 99.4 Å². The number of rotatable bonds is 7. The van der Waals surface area contributed by atoms with Crippen LogP contribution < -0.4 is 0 Å². The Balaban J connectivity index is 0.00000324. The van der Waals surface area contributed by atoms with Crippen LogP contribution in [0.3, 0.4) is 0 Å².